The summed E-state index contributed by atoms with van der Waals surface area (Å²) in [6, 6.07) is 7.85. The largest absolute Gasteiger partial charge is 0.387 e. The van der Waals surface area contributed by atoms with Crippen molar-refractivity contribution in [2.75, 3.05) is 12.4 Å². The van der Waals surface area contributed by atoms with E-state index >= 15 is 0 Å². The average molecular weight is 364 g/mol. The van der Waals surface area contributed by atoms with Gasteiger partial charge in [0.2, 0.25) is 0 Å². The number of pyridine rings is 1. The SMILES string of the molecule is CCc1ccc(-n2cnc3c(sc4ncc(C=O)c(NC)c43)c2=O)cc1. The van der Waals surface area contributed by atoms with E-state index in [4.69, 9.17) is 0 Å². The first-order valence-corrected chi connectivity index (χ1v) is 9.04. The molecule has 0 spiro atoms. The molecular formula is C19H16N4O2S. The fraction of sp³-hybridized carbons (Fsp3) is 0.158. The topological polar surface area (TPSA) is 76.9 Å². The first-order valence-electron chi connectivity index (χ1n) is 8.23. The van der Waals surface area contributed by atoms with E-state index in [9.17, 15) is 9.59 Å². The number of anilines is 1. The molecule has 0 aliphatic carbocycles. The Kier molecular flexibility index (Phi) is 4.00. The molecule has 26 heavy (non-hydrogen) atoms. The van der Waals surface area contributed by atoms with Crippen LogP contribution in [0, 0.1) is 0 Å². The molecule has 7 heteroatoms. The number of hydrogen-bond acceptors (Lipinski definition) is 6. The first-order chi connectivity index (χ1) is 12.7. The maximum absolute atomic E-state index is 13.0. The molecule has 1 N–H and O–H groups in total. The van der Waals surface area contributed by atoms with Crippen molar-refractivity contribution in [3.8, 4) is 5.69 Å². The summed E-state index contributed by atoms with van der Waals surface area (Å²) in [5.41, 5.74) is 3.50. The second-order valence-electron chi connectivity index (χ2n) is 5.86. The lowest BCUT2D eigenvalue weighted by atomic mass is 10.1. The number of benzene rings is 1. The Morgan fingerprint density at radius 3 is 2.65 bits per heavy atom. The predicted octanol–water partition coefficient (Wildman–Crippen LogP) is 3.41. The molecule has 3 aromatic heterocycles. The van der Waals surface area contributed by atoms with Crippen molar-refractivity contribution in [2.24, 2.45) is 0 Å². The zero-order valence-corrected chi connectivity index (χ0v) is 15.1. The van der Waals surface area contributed by atoms with Gasteiger partial charge in [0.1, 0.15) is 21.4 Å². The van der Waals surface area contributed by atoms with Crippen LogP contribution in [-0.4, -0.2) is 27.9 Å². The monoisotopic (exact) mass is 364 g/mol. The number of fused-ring (bicyclic) bond motifs is 3. The number of carbonyl (C=O) groups excluding carboxylic acids is 1. The van der Waals surface area contributed by atoms with Crippen LogP contribution in [0.1, 0.15) is 22.8 Å². The lowest BCUT2D eigenvalue weighted by Crippen LogP contribution is -2.17. The zero-order chi connectivity index (χ0) is 18.3. The van der Waals surface area contributed by atoms with Crippen molar-refractivity contribution in [1.29, 1.82) is 0 Å². The smallest absolute Gasteiger partial charge is 0.275 e. The molecular weight excluding hydrogens is 348 g/mol. The van der Waals surface area contributed by atoms with Crippen LogP contribution in [0.3, 0.4) is 0 Å². The molecule has 130 valence electrons. The summed E-state index contributed by atoms with van der Waals surface area (Å²) in [5, 5.41) is 3.74. The van der Waals surface area contributed by atoms with Crippen LogP contribution >= 0.6 is 11.3 Å². The second kappa shape index (κ2) is 6.34. The van der Waals surface area contributed by atoms with Gasteiger partial charge in [-0.3, -0.25) is 14.2 Å². The van der Waals surface area contributed by atoms with Gasteiger partial charge >= 0.3 is 0 Å². The van der Waals surface area contributed by atoms with Crippen molar-refractivity contribution in [2.45, 2.75) is 13.3 Å². The fourth-order valence-electron chi connectivity index (χ4n) is 3.04. The molecule has 0 bridgehead atoms. The Morgan fingerprint density at radius 2 is 2.00 bits per heavy atom. The molecule has 0 saturated heterocycles. The van der Waals surface area contributed by atoms with Gasteiger partial charge in [-0.05, 0) is 24.1 Å². The molecule has 6 nitrogen and oxygen atoms in total. The van der Waals surface area contributed by atoms with E-state index in [1.807, 2.05) is 24.3 Å². The van der Waals surface area contributed by atoms with E-state index in [0.29, 0.717) is 31.7 Å². The fourth-order valence-corrected chi connectivity index (χ4v) is 4.08. The highest BCUT2D eigenvalue weighted by Crippen LogP contribution is 2.35. The lowest BCUT2D eigenvalue weighted by molar-refractivity contribution is 0.112. The summed E-state index contributed by atoms with van der Waals surface area (Å²) < 4.78 is 2.06. The summed E-state index contributed by atoms with van der Waals surface area (Å²) in [5.74, 6) is 0. The van der Waals surface area contributed by atoms with Gasteiger partial charge in [-0.2, -0.15) is 0 Å². The molecule has 1 aromatic carbocycles. The van der Waals surface area contributed by atoms with Crippen LogP contribution in [-0.2, 0) is 6.42 Å². The molecule has 0 unspecified atom stereocenters. The van der Waals surface area contributed by atoms with Gasteiger partial charge in [-0.15, -0.1) is 11.3 Å². The lowest BCUT2D eigenvalue weighted by Gasteiger charge is -2.07. The number of thiophene rings is 1. The number of aldehydes is 1. The van der Waals surface area contributed by atoms with Crippen LogP contribution in [0.25, 0.3) is 26.1 Å². The third-order valence-corrected chi connectivity index (χ3v) is 5.51. The second-order valence-corrected chi connectivity index (χ2v) is 6.86. The standard InChI is InChI=1S/C19H16N4O2S/c1-3-11-4-6-13(7-5-11)23-10-22-16-14-15(20-2)12(9-24)8-21-18(14)26-17(16)19(23)25/h4-10H,3H2,1-2H3,(H,20,21). The van der Waals surface area contributed by atoms with Gasteiger partial charge in [-0.25, -0.2) is 9.97 Å². The van der Waals surface area contributed by atoms with E-state index in [0.717, 1.165) is 18.4 Å². The minimum absolute atomic E-state index is 0.142. The first kappa shape index (κ1) is 16.4. The zero-order valence-electron chi connectivity index (χ0n) is 14.3. The van der Waals surface area contributed by atoms with Crippen molar-refractivity contribution >= 4 is 43.7 Å². The Morgan fingerprint density at radius 1 is 1.23 bits per heavy atom. The molecule has 0 aliphatic heterocycles. The third kappa shape index (κ3) is 2.40. The molecule has 0 aliphatic rings. The number of aromatic nitrogens is 3. The molecule has 4 aromatic rings. The predicted molar refractivity (Wildman–Crippen MR) is 105 cm³/mol. The quantitative estimate of drug-likeness (QED) is 0.562. The maximum Gasteiger partial charge on any atom is 0.275 e. The van der Waals surface area contributed by atoms with E-state index in [1.165, 1.54) is 34.0 Å². The normalized spacial score (nSPS) is 11.2. The Labute approximate surface area is 153 Å². The number of nitrogens with one attached hydrogen (secondary N) is 1. The van der Waals surface area contributed by atoms with E-state index in [2.05, 4.69) is 22.2 Å². The van der Waals surface area contributed by atoms with E-state index < -0.39 is 0 Å². The van der Waals surface area contributed by atoms with Gasteiger partial charge in [-0.1, -0.05) is 19.1 Å². The summed E-state index contributed by atoms with van der Waals surface area (Å²) in [6.07, 6.45) is 4.74. The molecule has 3 heterocycles. The molecule has 0 amide bonds. The Hall–Kier alpha value is -3.06. The van der Waals surface area contributed by atoms with Gasteiger partial charge in [0.15, 0.2) is 6.29 Å². The third-order valence-electron chi connectivity index (χ3n) is 4.44. The highest BCUT2D eigenvalue weighted by Gasteiger charge is 2.18. The van der Waals surface area contributed by atoms with Gasteiger partial charge in [0, 0.05) is 13.2 Å². The van der Waals surface area contributed by atoms with Crippen LogP contribution in [0.4, 0.5) is 5.69 Å². The van der Waals surface area contributed by atoms with Crippen LogP contribution < -0.4 is 10.9 Å². The number of carbonyl (C=O) groups is 1. The van der Waals surface area contributed by atoms with Gasteiger partial charge in [0.05, 0.1) is 22.3 Å². The van der Waals surface area contributed by atoms with Crippen LogP contribution in [0.15, 0.2) is 41.6 Å². The van der Waals surface area contributed by atoms with E-state index in [-0.39, 0.29) is 5.56 Å². The van der Waals surface area contributed by atoms with Crippen LogP contribution in [0.2, 0.25) is 0 Å². The average Bonchev–Trinajstić information content (AvgIpc) is 3.07. The number of aryl methyl sites for hydroxylation is 1. The Balaban J connectivity index is 2.00. The summed E-state index contributed by atoms with van der Waals surface area (Å²) in [6.45, 7) is 2.09. The highest BCUT2D eigenvalue weighted by molar-refractivity contribution is 7.25. The summed E-state index contributed by atoms with van der Waals surface area (Å²) in [4.78, 5) is 33.8. The van der Waals surface area contributed by atoms with Gasteiger partial charge < -0.3 is 5.32 Å². The van der Waals surface area contributed by atoms with Crippen molar-refractivity contribution in [3.63, 3.8) is 0 Å². The van der Waals surface area contributed by atoms with E-state index in [1.54, 1.807) is 7.05 Å². The molecule has 0 saturated carbocycles. The molecule has 0 fully saturated rings. The number of rotatable bonds is 4. The summed E-state index contributed by atoms with van der Waals surface area (Å²) >= 11 is 1.29. The molecule has 0 atom stereocenters. The highest BCUT2D eigenvalue weighted by atomic mass is 32.1. The van der Waals surface area contributed by atoms with Crippen LogP contribution in [0.5, 0.6) is 0 Å². The van der Waals surface area contributed by atoms with Gasteiger partial charge in [0.25, 0.3) is 5.56 Å². The molecule has 4 rings (SSSR count). The molecule has 0 radical (unpaired) electrons. The number of nitrogens with zero attached hydrogens (tertiary/aromatic N) is 3. The van der Waals surface area contributed by atoms with Crippen molar-refractivity contribution in [3.05, 3.63) is 58.3 Å². The minimum Gasteiger partial charge on any atom is -0.387 e. The Bertz CT molecular complexity index is 1190. The summed E-state index contributed by atoms with van der Waals surface area (Å²) in [7, 11) is 1.74. The maximum atomic E-state index is 13.0. The van der Waals surface area contributed by atoms with Crippen molar-refractivity contribution in [1.82, 2.24) is 14.5 Å². The van der Waals surface area contributed by atoms with Crippen molar-refractivity contribution < 1.29 is 4.79 Å². The minimum atomic E-state index is -0.142. The number of hydrogen-bond donors (Lipinski definition) is 1.